The van der Waals surface area contributed by atoms with Crippen molar-refractivity contribution in [2.75, 3.05) is 12.3 Å². The zero-order chi connectivity index (χ0) is 12.3. The summed E-state index contributed by atoms with van der Waals surface area (Å²) in [6.45, 7) is -1.44. The Morgan fingerprint density at radius 1 is 1.38 bits per heavy atom. The van der Waals surface area contributed by atoms with E-state index in [1.165, 1.54) is 18.2 Å². The molecule has 0 aliphatic rings. The normalized spacial score (nSPS) is 11.9. The molecule has 0 fully saturated rings. The highest BCUT2D eigenvalue weighted by molar-refractivity contribution is 6.32. The maximum Gasteiger partial charge on any atom is 0.340 e. The van der Waals surface area contributed by atoms with Gasteiger partial charge < -0.3 is 10.5 Å². The molecule has 0 heterocycles. The van der Waals surface area contributed by atoms with Gasteiger partial charge >= 0.3 is 12.3 Å². The second kappa shape index (κ2) is 4.78. The van der Waals surface area contributed by atoms with Gasteiger partial charge in [-0.25, -0.2) is 8.78 Å². The Kier molecular flexibility index (Phi) is 3.85. The number of nitrogens with two attached hydrogens (primary N) is 1. The van der Waals surface area contributed by atoms with Crippen LogP contribution in [0.5, 0.6) is 5.75 Å². The van der Waals surface area contributed by atoms with Gasteiger partial charge in [-0.05, 0) is 18.2 Å². The number of anilines is 1. The molecule has 90 valence electrons. The third-order valence-corrected chi connectivity index (χ3v) is 1.99. The molecule has 0 radical (unpaired) electrons. The summed E-state index contributed by atoms with van der Waals surface area (Å²) in [6.07, 6.45) is -3.78. The third-order valence-electron chi connectivity index (χ3n) is 1.70. The smallest absolute Gasteiger partial charge is 0.340 e. The number of halogens is 5. The van der Waals surface area contributed by atoms with Gasteiger partial charge in [0, 0.05) is 5.69 Å². The van der Waals surface area contributed by atoms with Crippen molar-refractivity contribution in [2.45, 2.75) is 12.3 Å². The second-order valence-corrected chi connectivity index (χ2v) is 3.45. The average Bonchev–Trinajstić information content (AvgIpc) is 2.16. The van der Waals surface area contributed by atoms with Gasteiger partial charge in [0.1, 0.15) is 5.75 Å². The van der Waals surface area contributed by atoms with Crippen molar-refractivity contribution in [1.82, 2.24) is 0 Å². The molecule has 0 unspecified atom stereocenters. The van der Waals surface area contributed by atoms with Crippen LogP contribution < -0.4 is 10.5 Å². The Balaban J connectivity index is 2.68. The average molecular weight is 258 g/mol. The van der Waals surface area contributed by atoms with Crippen molar-refractivity contribution in [1.29, 1.82) is 0 Å². The van der Waals surface area contributed by atoms with E-state index in [4.69, 9.17) is 17.3 Å². The van der Waals surface area contributed by atoms with Crippen molar-refractivity contribution in [3.05, 3.63) is 23.2 Å². The van der Waals surface area contributed by atoms with Gasteiger partial charge in [0.2, 0.25) is 0 Å². The highest BCUT2D eigenvalue weighted by Gasteiger charge is 2.41. The van der Waals surface area contributed by atoms with Gasteiger partial charge in [-0.3, -0.25) is 0 Å². The van der Waals surface area contributed by atoms with Gasteiger partial charge in [0.05, 0.1) is 5.02 Å². The van der Waals surface area contributed by atoms with E-state index in [9.17, 15) is 17.6 Å². The van der Waals surface area contributed by atoms with Crippen LogP contribution in [0.15, 0.2) is 18.2 Å². The molecule has 0 spiro atoms. The highest BCUT2D eigenvalue weighted by atomic mass is 35.5. The number of benzene rings is 1. The van der Waals surface area contributed by atoms with Crippen molar-refractivity contribution in [3.63, 3.8) is 0 Å². The lowest BCUT2D eigenvalue weighted by Crippen LogP contribution is -2.33. The third kappa shape index (κ3) is 3.16. The van der Waals surface area contributed by atoms with E-state index in [1.54, 1.807) is 0 Å². The molecule has 0 aliphatic heterocycles. The van der Waals surface area contributed by atoms with Crippen molar-refractivity contribution in [3.8, 4) is 5.75 Å². The molecule has 1 rings (SSSR count). The molecule has 2 nitrogen and oxygen atoms in total. The quantitative estimate of drug-likeness (QED) is 0.664. The SMILES string of the molecule is Nc1ccc(OCC(F)(F)C(F)F)c(Cl)c1. The molecular weight excluding hydrogens is 250 g/mol. The molecule has 16 heavy (non-hydrogen) atoms. The number of rotatable bonds is 4. The summed E-state index contributed by atoms with van der Waals surface area (Å²) in [5.74, 6) is -4.32. The van der Waals surface area contributed by atoms with Crippen LogP contribution in [0.25, 0.3) is 0 Å². The van der Waals surface area contributed by atoms with Crippen LogP contribution in [0.4, 0.5) is 23.2 Å². The minimum Gasteiger partial charge on any atom is -0.485 e. The molecule has 1 aromatic rings. The number of hydrogen-bond acceptors (Lipinski definition) is 2. The van der Waals surface area contributed by atoms with E-state index in [2.05, 4.69) is 4.74 Å². The van der Waals surface area contributed by atoms with Gasteiger partial charge in [-0.1, -0.05) is 11.6 Å². The van der Waals surface area contributed by atoms with Crippen LogP contribution in [0, 0.1) is 0 Å². The summed E-state index contributed by atoms with van der Waals surface area (Å²) in [5, 5.41) is -0.00920. The van der Waals surface area contributed by atoms with Crippen LogP contribution in [0.3, 0.4) is 0 Å². The Hall–Kier alpha value is -1.17. The summed E-state index contributed by atoms with van der Waals surface area (Å²) in [4.78, 5) is 0. The van der Waals surface area contributed by atoms with Crippen LogP contribution in [0.1, 0.15) is 0 Å². The molecule has 0 amide bonds. The van der Waals surface area contributed by atoms with E-state index in [0.717, 1.165) is 0 Å². The predicted octanol–water partition coefficient (Wildman–Crippen LogP) is 3.20. The first-order valence-corrected chi connectivity index (χ1v) is 4.54. The Bertz CT molecular complexity index is 373. The maximum absolute atomic E-state index is 12.5. The van der Waals surface area contributed by atoms with Crippen molar-refractivity contribution < 1.29 is 22.3 Å². The zero-order valence-corrected chi connectivity index (χ0v) is 8.65. The predicted molar refractivity (Wildman–Crippen MR) is 52.3 cm³/mol. The lowest BCUT2D eigenvalue weighted by molar-refractivity contribution is -0.148. The largest absolute Gasteiger partial charge is 0.485 e. The molecule has 0 aromatic heterocycles. The van der Waals surface area contributed by atoms with Gasteiger partial charge in [0.25, 0.3) is 0 Å². The van der Waals surface area contributed by atoms with E-state index in [1.807, 2.05) is 0 Å². The minimum atomic E-state index is -4.20. The number of ether oxygens (including phenoxy) is 1. The van der Waals surface area contributed by atoms with Crippen molar-refractivity contribution in [2.24, 2.45) is 0 Å². The molecule has 1 aromatic carbocycles. The molecule has 0 atom stereocenters. The Morgan fingerprint density at radius 3 is 2.50 bits per heavy atom. The Labute approximate surface area is 93.9 Å². The van der Waals surface area contributed by atoms with Gasteiger partial charge in [-0.15, -0.1) is 0 Å². The zero-order valence-electron chi connectivity index (χ0n) is 7.89. The lowest BCUT2D eigenvalue weighted by Gasteiger charge is -2.16. The van der Waals surface area contributed by atoms with E-state index < -0.39 is 19.0 Å². The van der Waals surface area contributed by atoms with Crippen molar-refractivity contribution >= 4 is 17.3 Å². The first kappa shape index (κ1) is 12.9. The van der Waals surface area contributed by atoms with E-state index >= 15 is 0 Å². The van der Waals surface area contributed by atoms with Crippen LogP contribution in [0.2, 0.25) is 5.02 Å². The first-order valence-electron chi connectivity index (χ1n) is 4.17. The fourth-order valence-corrected chi connectivity index (χ4v) is 1.11. The molecule has 0 saturated heterocycles. The summed E-state index contributed by atoms with van der Waals surface area (Å²) < 4.78 is 53.1. The molecule has 2 N–H and O–H groups in total. The second-order valence-electron chi connectivity index (χ2n) is 3.04. The molecule has 0 saturated carbocycles. The summed E-state index contributed by atoms with van der Waals surface area (Å²) >= 11 is 5.60. The maximum atomic E-state index is 12.5. The fourth-order valence-electron chi connectivity index (χ4n) is 0.871. The van der Waals surface area contributed by atoms with Crippen LogP contribution >= 0.6 is 11.6 Å². The van der Waals surface area contributed by atoms with Crippen LogP contribution in [-0.4, -0.2) is 19.0 Å². The van der Waals surface area contributed by atoms with Gasteiger partial charge in [-0.2, -0.15) is 8.78 Å². The highest BCUT2D eigenvalue weighted by Crippen LogP contribution is 2.29. The summed E-state index contributed by atoms with van der Waals surface area (Å²) in [5.41, 5.74) is 5.67. The molecule has 0 bridgehead atoms. The number of alkyl halides is 4. The molecule has 7 heteroatoms. The fraction of sp³-hybridized carbons (Fsp3) is 0.333. The topological polar surface area (TPSA) is 35.2 Å². The monoisotopic (exact) mass is 257 g/mol. The summed E-state index contributed by atoms with van der Waals surface area (Å²) in [7, 11) is 0. The standard InChI is InChI=1S/C9H8ClF4NO/c10-6-3-5(15)1-2-7(6)16-4-9(13,14)8(11)12/h1-3,8H,4,15H2. The summed E-state index contributed by atoms with van der Waals surface area (Å²) in [6, 6.07) is 3.87. The Morgan fingerprint density at radius 2 is 2.00 bits per heavy atom. The van der Waals surface area contributed by atoms with Gasteiger partial charge in [0.15, 0.2) is 6.61 Å². The number of nitrogen functional groups attached to an aromatic ring is 1. The molecular formula is C9H8ClF4NO. The molecule has 0 aliphatic carbocycles. The van der Waals surface area contributed by atoms with E-state index in [0.29, 0.717) is 5.69 Å². The number of hydrogen-bond donors (Lipinski definition) is 1. The van der Waals surface area contributed by atoms with E-state index in [-0.39, 0.29) is 10.8 Å². The lowest BCUT2D eigenvalue weighted by atomic mass is 10.3. The first-order chi connectivity index (χ1) is 7.33. The minimum absolute atomic E-state index is 0.00920. The van der Waals surface area contributed by atoms with Crippen LogP contribution in [-0.2, 0) is 0 Å².